The van der Waals surface area contributed by atoms with Crippen molar-refractivity contribution in [2.75, 3.05) is 13.7 Å². The number of carbonyl (C=O) groups is 2. The van der Waals surface area contributed by atoms with Gasteiger partial charge in [-0.1, -0.05) is 11.6 Å². The first kappa shape index (κ1) is 20.3. The zero-order valence-corrected chi connectivity index (χ0v) is 15.9. The molecule has 0 spiro atoms. The van der Waals surface area contributed by atoms with E-state index >= 15 is 0 Å². The van der Waals surface area contributed by atoms with Crippen LogP contribution >= 0.6 is 11.6 Å². The van der Waals surface area contributed by atoms with Gasteiger partial charge in [-0.3, -0.25) is 9.59 Å². The highest BCUT2D eigenvalue weighted by Gasteiger charge is 2.08. The summed E-state index contributed by atoms with van der Waals surface area (Å²) in [6, 6.07) is 10.0. The van der Waals surface area contributed by atoms with Gasteiger partial charge in [-0.25, -0.2) is 5.43 Å². The van der Waals surface area contributed by atoms with Gasteiger partial charge < -0.3 is 14.2 Å². The summed E-state index contributed by atoms with van der Waals surface area (Å²) in [6.45, 7) is 2.95. The van der Waals surface area contributed by atoms with Crippen LogP contribution in [0.5, 0.6) is 17.2 Å². The predicted molar refractivity (Wildman–Crippen MR) is 102 cm³/mol. The molecule has 0 unspecified atom stereocenters. The van der Waals surface area contributed by atoms with E-state index in [9.17, 15) is 9.59 Å². The molecule has 8 heteroatoms. The van der Waals surface area contributed by atoms with Gasteiger partial charge in [-0.2, -0.15) is 5.10 Å². The van der Waals surface area contributed by atoms with Gasteiger partial charge in [0.2, 0.25) is 0 Å². The summed E-state index contributed by atoms with van der Waals surface area (Å²) in [6.07, 6.45) is 1.44. The molecule has 0 radical (unpaired) electrons. The highest BCUT2D eigenvalue weighted by atomic mass is 35.5. The van der Waals surface area contributed by atoms with Crippen molar-refractivity contribution in [1.82, 2.24) is 5.43 Å². The molecule has 0 aliphatic rings. The Morgan fingerprint density at radius 3 is 2.56 bits per heavy atom. The van der Waals surface area contributed by atoms with E-state index in [1.165, 1.54) is 20.2 Å². The maximum Gasteiger partial charge on any atom is 0.308 e. The molecule has 0 aliphatic carbocycles. The summed E-state index contributed by atoms with van der Waals surface area (Å²) in [7, 11) is 1.46. The normalized spacial score (nSPS) is 10.5. The highest BCUT2D eigenvalue weighted by molar-refractivity contribution is 6.30. The third kappa shape index (κ3) is 6.31. The van der Waals surface area contributed by atoms with E-state index in [4.69, 9.17) is 25.8 Å². The number of hydrogen-bond donors (Lipinski definition) is 1. The number of hydrogen-bond acceptors (Lipinski definition) is 6. The smallest absolute Gasteiger partial charge is 0.308 e. The van der Waals surface area contributed by atoms with Gasteiger partial charge in [0.05, 0.1) is 13.3 Å². The van der Waals surface area contributed by atoms with Crippen molar-refractivity contribution in [1.29, 1.82) is 0 Å². The van der Waals surface area contributed by atoms with Crippen LogP contribution < -0.4 is 19.6 Å². The maximum atomic E-state index is 11.8. The average molecular weight is 391 g/mol. The van der Waals surface area contributed by atoms with Crippen molar-refractivity contribution < 1.29 is 23.8 Å². The molecule has 7 nitrogen and oxygen atoms in total. The third-order valence-corrected chi connectivity index (χ3v) is 3.58. The van der Waals surface area contributed by atoms with E-state index in [-0.39, 0.29) is 6.61 Å². The Labute approximate surface area is 161 Å². The molecule has 0 saturated carbocycles. The molecule has 0 saturated heterocycles. The molecular weight excluding hydrogens is 372 g/mol. The Balaban J connectivity index is 1.90. The lowest BCUT2D eigenvalue weighted by Crippen LogP contribution is -2.24. The van der Waals surface area contributed by atoms with Gasteiger partial charge >= 0.3 is 5.97 Å². The summed E-state index contributed by atoms with van der Waals surface area (Å²) in [5, 5.41) is 4.47. The fraction of sp³-hybridized carbons (Fsp3) is 0.211. The number of hydrazone groups is 1. The first-order chi connectivity index (χ1) is 12.9. The Bertz CT molecular complexity index is 867. The first-order valence-electron chi connectivity index (χ1n) is 7.96. The number of nitrogens with one attached hydrogen (secondary N) is 1. The highest BCUT2D eigenvalue weighted by Crippen LogP contribution is 2.27. The molecule has 27 heavy (non-hydrogen) atoms. The van der Waals surface area contributed by atoms with Crippen molar-refractivity contribution in [2.45, 2.75) is 13.8 Å². The second-order valence-electron chi connectivity index (χ2n) is 5.50. The number of carbonyl (C=O) groups excluding carboxylic acids is 2. The minimum atomic E-state index is -0.446. The molecule has 0 fully saturated rings. The minimum absolute atomic E-state index is 0.186. The molecule has 2 aromatic rings. The monoisotopic (exact) mass is 390 g/mol. The number of aryl methyl sites for hydroxylation is 1. The molecule has 142 valence electrons. The third-order valence-electron chi connectivity index (χ3n) is 3.34. The topological polar surface area (TPSA) is 86.2 Å². The molecule has 0 aliphatic heterocycles. The van der Waals surface area contributed by atoms with Crippen LogP contribution in [0.1, 0.15) is 18.1 Å². The van der Waals surface area contributed by atoms with Crippen molar-refractivity contribution in [3.63, 3.8) is 0 Å². The molecule has 2 rings (SSSR count). The number of rotatable bonds is 7. The van der Waals surface area contributed by atoms with Crippen LogP contribution in [0.4, 0.5) is 0 Å². The number of halogens is 1. The molecule has 0 heterocycles. The largest absolute Gasteiger partial charge is 0.493 e. The second-order valence-corrected chi connectivity index (χ2v) is 5.93. The lowest BCUT2D eigenvalue weighted by molar-refractivity contribution is -0.132. The van der Waals surface area contributed by atoms with Crippen LogP contribution in [0.15, 0.2) is 41.5 Å². The zero-order chi connectivity index (χ0) is 19.8. The summed E-state index contributed by atoms with van der Waals surface area (Å²) in [5.74, 6) is 0.395. The molecular formula is C19H19ClN2O5. The fourth-order valence-electron chi connectivity index (χ4n) is 2.13. The Morgan fingerprint density at radius 1 is 1.15 bits per heavy atom. The van der Waals surface area contributed by atoms with E-state index in [0.29, 0.717) is 27.8 Å². The molecule has 1 N–H and O–H groups in total. The summed E-state index contributed by atoms with van der Waals surface area (Å²) in [4.78, 5) is 22.9. The Kier molecular flexibility index (Phi) is 7.19. The number of methoxy groups -OCH3 is 1. The Hall–Kier alpha value is -3.06. The van der Waals surface area contributed by atoms with Crippen LogP contribution in [0.25, 0.3) is 0 Å². The van der Waals surface area contributed by atoms with Crippen LogP contribution in [0.2, 0.25) is 5.02 Å². The van der Waals surface area contributed by atoms with E-state index in [2.05, 4.69) is 10.5 Å². The van der Waals surface area contributed by atoms with Gasteiger partial charge in [0.25, 0.3) is 5.91 Å². The van der Waals surface area contributed by atoms with Gasteiger partial charge in [-0.15, -0.1) is 0 Å². The van der Waals surface area contributed by atoms with E-state index in [0.717, 1.165) is 5.56 Å². The lowest BCUT2D eigenvalue weighted by Gasteiger charge is -2.09. The van der Waals surface area contributed by atoms with Crippen molar-refractivity contribution in [3.05, 3.63) is 52.5 Å². The van der Waals surface area contributed by atoms with Gasteiger partial charge in [0.1, 0.15) is 5.75 Å². The van der Waals surface area contributed by atoms with E-state index < -0.39 is 11.9 Å². The van der Waals surface area contributed by atoms with Crippen LogP contribution in [-0.2, 0) is 9.59 Å². The van der Waals surface area contributed by atoms with Crippen LogP contribution in [0.3, 0.4) is 0 Å². The quantitative estimate of drug-likeness (QED) is 0.340. The van der Waals surface area contributed by atoms with Crippen LogP contribution in [-0.4, -0.2) is 31.8 Å². The first-order valence-corrected chi connectivity index (χ1v) is 8.34. The average Bonchev–Trinajstić information content (AvgIpc) is 2.61. The standard InChI is InChI=1S/C19H19ClN2O5/c1-12-8-15(20)5-7-16(12)26-11-19(24)22-21-10-14-4-6-17(27-13(2)23)18(9-14)25-3/h4-10H,11H2,1-3H3,(H,22,24)/b21-10-. The zero-order valence-electron chi connectivity index (χ0n) is 15.1. The molecule has 0 bridgehead atoms. The maximum absolute atomic E-state index is 11.8. The molecule has 1 amide bonds. The molecule has 0 atom stereocenters. The van der Waals surface area contributed by atoms with Gasteiger partial charge in [-0.05, 0) is 54.4 Å². The van der Waals surface area contributed by atoms with Gasteiger partial charge in [0, 0.05) is 11.9 Å². The second kappa shape index (κ2) is 9.59. The van der Waals surface area contributed by atoms with Crippen molar-refractivity contribution >= 4 is 29.7 Å². The molecule has 2 aromatic carbocycles. The van der Waals surface area contributed by atoms with E-state index in [1.54, 1.807) is 36.4 Å². The van der Waals surface area contributed by atoms with E-state index in [1.807, 2.05) is 6.92 Å². The lowest BCUT2D eigenvalue weighted by atomic mass is 10.2. The number of esters is 1. The number of ether oxygens (including phenoxy) is 3. The molecule has 0 aromatic heterocycles. The van der Waals surface area contributed by atoms with Crippen molar-refractivity contribution in [3.8, 4) is 17.2 Å². The number of nitrogens with zero attached hydrogens (tertiary/aromatic N) is 1. The number of benzene rings is 2. The predicted octanol–water partition coefficient (Wildman–Crippen LogP) is 3.11. The SMILES string of the molecule is COc1cc(/C=N\NC(=O)COc2ccc(Cl)cc2C)ccc1OC(C)=O. The van der Waals surface area contributed by atoms with Crippen molar-refractivity contribution in [2.24, 2.45) is 5.10 Å². The fourth-order valence-corrected chi connectivity index (χ4v) is 2.36. The van der Waals surface area contributed by atoms with Gasteiger partial charge in [0.15, 0.2) is 18.1 Å². The van der Waals surface area contributed by atoms with Crippen LogP contribution in [0, 0.1) is 6.92 Å². The summed E-state index contributed by atoms with van der Waals surface area (Å²) >= 11 is 5.88. The Morgan fingerprint density at radius 2 is 1.89 bits per heavy atom. The summed E-state index contributed by atoms with van der Waals surface area (Å²) < 4.78 is 15.6. The number of amides is 1. The summed E-state index contributed by atoms with van der Waals surface area (Å²) in [5.41, 5.74) is 3.85. The minimum Gasteiger partial charge on any atom is -0.493 e.